The van der Waals surface area contributed by atoms with Crippen molar-refractivity contribution in [2.75, 3.05) is 0 Å². The van der Waals surface area contributed by atoms with Crippen LogP contribution in [-0.2, 0) is 0 Å². The number of carboxylic acid groups (broad SMARTS) is 1. The predicted molar refractivity (Wildman–Crippen MR) is 95.7 cm³/mol. The van der Waals surface area contributed by atoms with Crippen LogP contribution in [0.5, 0.6) is 0 Å². The SMILES string of the molecule is O=C(O)c1ccc(-c2cnc3sc(C#Cc4ccccc4)nn23)cc1. The lowest BCUT2D eigenvalue weighted by Crippen LogP contribution is -1.95. The van der Waals surface area contributed by atoms with Crippen LogP contribution >= 0.6 is 11.3 Å². The number of benzene rings is 2. The van der Waals surface area contributed by atoms with E-state index in [2.05, 4.69) is 21.9 Å². The highest BCUT2D eigenvalue weighted by atomic mass is 32.1. The molecule has 0 saturated carbocycles. The average molecular weight is 345 g/mol. The molecule has 4 aromatic rings. The van der Waals surface area contributed by atoms with E-state index in [0.29, 0.717) is 5.01 Å². The lowest BCUT2D eigenvalue weighted by molar-refractivity contribution is 0.0697. The molecule has 2 aromatic heterocycles. The van der Waals surface area contributed by atoms with Gasteiger partial charge >= 0.3 is 5.97 Å². The number of rotatable bonds is 2. The molecule has 0 amide bonds. The lowest BCUT2D eigenvalue weighted by Gasteiger charge is -1.99. The number of imidazole rings is 1. The van der Waals surface area contributed by atoms with Gasteiger partial charge in [0, 0.05) is 11.1 Å². The maximum Gasteiger partial charge on any atom is 0.335 e. The van der Waals surface area contributed by atoms with Gasteiger partial charge in [-0.1, -0.05) is 47.6 Å². The molecule has 6 heteroatoms. The van der Waals surface area contributed by atoms with Crippen molar-refractivity contribution in [3.8, 4) is 23.1 Å². The molecule has 0 atom stereocenters. The number of fused-ring (bicyclic) bond motifs is 1. The van der Waals surface area contributed by atoms with Gasteiger partial charge in [0.1, 0.15) is 0 Å². The number of aromatic carboxylic acids is 1. The number of carbonyl (C=O) groups is 1. The summed E-state index contributed by atoms with van der Waals surface area (Å²) >= 11 is 1.41. The Balaban J connectivity index is 1.69. The second kappa shape index (κ2) is 6.23. The molecular weight excluding hydrogens is 334 g/mol. The summed E-state index contributed by atoms with van der Waals surface area (Å²) in [5, 5.41) is 14.2. The second-order valence-corrected chi connectivity index (χ2v) is 6.20. The second-order valence-electron chi connectivity index (χ2n) is 5.24. The molecule has 2 heterocycles. The van der Waals surface area contributed by atoms with Gasteiger partial charge in [-0.2, -0.15) is 0 Å². The highest BCUT2D eigenvalue weighted by Gasteiger charge is 2.11. The normalized spacial score (nSPS) is 10.4. The Hall–Kier alpha value is -3.43. The minimum absolute atomic E-state index is 0.247. The van der Waals surface area contributed by atoms with E-state index in [9.17, 15) is 4.79 Å². The van der Waals surface area contributed by atoms with Crippen molar-refractivity contribution in [3.05, 3.63) is 76.9 Å². The summed E-state index contributed by atoms with van der Waals surface area (Å²) in [5.74, 6) is 5.19. The molecule has 0 unspecified atom stereocenters. The maximum atomic E-state index is 11.0. The Labute approximate surface area is 147 Å². The van der Waals surface area contributed by atoms with E-state index >= 15 is 0 Å². The summed E-state index contributed by atoms with van der Waals surface area (Å²) in [4.78, 5) is 16.1. The third kappa shape index (κ3) is 3.01. The standard InChI is InChI=1S/C19H11N3O2S/c23-18(24)15-9-7-14(8-10-15)16-12-20-19-22(16)21-17(25-19)11-6-13-4-2-1-3-5-13/h1-5,7-10,12H,(H,23,24). The first-order valence-electron chi connectivity index (χ1n) is 7.46. The van der Waals surface area contributed by atoms with Gasteiger partial charge in [0.05, 0.1) is 17.5 Å². The van der Waals surface area contributed by atoms with Gasteiger partial charge in [0.25, 0.3) is 0 Å². The zero-order valence-electron chi connectivity index (χ0n) is 12.9. The molecule has 4 rings (SSSR count). The third-order valence-corrected chi connectivity index (χ3v) is 4.44. The Morgan fingerprint density at radius 1 is 1.04 bits per heavy atom. The van der Waals surface area contributed by atoms with E-state index in [1.807, 2.05) is 30.3 Å². The van der Waals surface area contributed by atoms with Crippen molar-refractivity contribution >= 4 is 22.3 Å². The van der Waals surface area contributed by atoms with Gasteiger partial charge in [-0.3, -0.25) is 0 Å². The average Bonchev–Trinajstić information content (AvgIpc) is 3.21. The summed E-state index contributed by atoms with van der Waals surface area (Å²) in [7, 11) is 0. The van der Waals surface area contributed by atoms with Gasteiger partial charge in [-0.15, -0.1) is 5.10 Å². The van der Waals surface area contributed by atoms with Crippen LogP contribution in [0.2, 0.25) is 0 Å². The number of hydrogen-bond acceptors (Lipinski definition) is 4. The van der Waals surface area contributed by atoms with Crippen molar-refractivity contribution in [1.82, 2.24) is 14.6 Å². The van der Waals surface area contributed by atoms with Crippen molar-refractivity contribution < 1.29 is 9.90 Å². The van der Waals surface area contributed by atoms with E-state index < -0.39 is 5.97 Å². The molecule has 0 fully saturated rings. The summed E-state index contributed by atoms with van der Waals surface area (Å²) in [6, 6.07) is 16.4. The van der Waals surface area contributed by atoms with Crippen LogP contribution < -0.4 is 0 Å². The lowest BCUT2D eigenvalue weighted by atomic mass is 10.1. The minimum atomic E-state index is -0.947. The summed E-state index contributed by atoms with van der Waals surface area (Å²) in [5.41, 5.74) is 2.83. The molecule has 5 nitrogen and oxygen atoms in total. The Kier molecular flexibility index (Phi) is 3.77. The number of nitrogens with zero attached hydrogens (tertiary/aromatic N) is 3. The first kappa shape index (κ1) is 15.1. The third-order valence-electron chi connectivity index (χ3n) is 3.60. The summed E-state index contributed by atoms with van der Waals surface area (Å²) < 4.78 is 1.73. The van der Waals surface area contributed by atoms with Crippen LogP contribution in [0.3, 0.4) is 0 Å². The molecule has 120 valence electrons. The van der Waals surface area contributed by atoms with Gasteiger partial charge in [-0.05, 0) is 30.2 Å². The molecule has 0 saturated heterocycles. The molecule has 0 aliphatic rings. The molecule has 25 heavy (non-hydrogen) atoms. The van der Waals surface area contributed by atoms with Gasteiger partial charge < -0.3 is 5.11 Å². The monoisotopic (exact) mass is 345 g/mol. The minimum Gasteiger partial charge on any atom is -0.478 e. The number of carboxylic acids is 1. The molecular formula is C19H11N3O2S. The van der Waals surface area contributed by atoms with Crippen molar-refractivity contribution in [2.24, 2.45) is 0 Å². The van der Waals surface area contributed by atoms with E-state index in [4.69, 9.17) is 5.11 Å². The van der Waals surface area contributed by atoms with Crippen LogP contribution in [0.1, 0.15) is 20.9 Å². The molecule has 2 aromatic carbocycles. The van der Waals surface area contributed by atoms with E-state index in [1.165, 1.54) is 11.3 Å². The van der Waals surface area contributed by atoms with Crippen LogP contribution in [0.4, 0.5) is 0 Å². The fraction of sp³-hybridized carbons (Fsp3) is 0. The Morgan fingerprint density at radius 2 is 1.80 bits per heavy atom. The van der Waals surface area contributed by atoms with Gasteiger partial charge in [0.15, 0.2) is 5.01 Å². The van der Waals surface area contributed by atoms with Crippen LogP contribution in [-0.4, -0.2) is 25.7 Å². The first-order chi connectivity index (χ1) is 12.2. The largest absolute Gasteiger partial charge is 0.478 e. The molecule has 0 spiro atoms. The Bertz CT molecular complexity index is 1120. The fourth-order valence-corrected chi connectivity index (χ4v) is 3.10. The van der Waals surface area contributed by atoms with Crippen molar-refractivity contribution in [1.29, 1.82) is 0 Å². The number of hydrogen-bond donors (Lipinski definition) is 1. The topological polar surface area (TPSA) is 67.5 Å². The molecule has 0 bridgehead atoms. The Morgan fingerprint density at radius 3 is 2.52 bits per heavy atom. The molecule has 1 N–H and O–H groups in total. The van der Waals surface area contributed by atoms with Crippen LogP contribution in [0.25, 0.3) is 16.2 Å². The van der Waals surface area contributed by atoms with Crippen molar-refractivity contribution in [3.63, 3.8) is 0 Å². The highest BCUT2D eigenvalue weighted by Crippen LogP contribution is 2.24. The zero-order chi connectivity index (χ0) is 17.2. The zero-order valence-corrected chi connectivity index (χ0v) is 13.7. The van der Waals surface area contributed by atoms with E-state index in [1.54, 1.807) is 35.0 Å². The van der Waals surface area contributed by atoms with E-state index in [0.717, 1.165) is 21.8 Å². The number of aromatic nitrogens is 3. The molecule has 0 aliphatic carbocycles. The van der Waals surface area contributed by atoms with Crippen molar-refractivity contribution in [2.45, 2.75) is 0 Å². The quantitative estimate of drug-likeness (QED) is 0.564. The van der Waals surface area contributed by atoms with Gasteiger partial charge in [-0.25, -0.2) is 14.3 Å². The smallest absolute Gasteiger partial charge is 0.335 e. The fourth-order valence-electron chi connectivity index (χ4n) is 2.37. The summed E-state index contributed by atoms with van der Waals surface area (Å²) in [6.45, 7) is 0. The first-order valence-corrected chi connectivity index (χ1v) is 8.28. The van der Waals surface area contributed by atoms with Crippen LogP contribution in [0, 0.1) is 11.8 Å². The van der Waals surface area contributed by atoms with E-state index in [-0.39, 0.29) is 5.56 Å². The summed E-state index contributed by atoms with van der Waals surface area (Å²) in [6.07, 6.45) is 1.73. The van der Waals surface area contributed by atoms with Gasteiger partial charge in [0.2, 0.25) is 4.96 Å². The highest BCUT2D eigenvalue weighted by molar-refractivity contribution is 7.17. The predicted octanol–water partition coefficient (Wildman–Crippen LogP) is 3.56. The molecule has 0 radical (unpaired) electrons. The maximum absolute atomic E-state index is 11.0. The molecule has 0 aliphatic heterocycles. The van der Waals surface area contributed by atoms with Crippen LogP contribution in [0.15, 0.2) is 60.8 Å².